The molecule has 1 aromatic heterocycles. The summed E-state index contributed by atoms with van der Waals surface area (Å²) in [7, 11) is 0. The van der Waals surface area contributed by atoms with Gasteiger partial charge < -0.3 is 9.64 Å². The molecule has 8 heteroatoms. The molecule has 0 amide bonds. The summed E-state index contributed by atoms with van der Waals surface area (Å²) in [5.74, 6) is 1.93. The monoisotopic (exact) mass is 387 g/mol. The fraction of sp³-hybridized carbons (Fsp3) is 0.389. The van der Waals surface area contributed by atoms with Crippen molar-refractivity contribution < 1.29 is 4.74 Å². The fourth-order valence-corrected chi connectivity index (χ4v) is 4.64. The summed E-state index contributed by atoms with van der Waals surface area (Å²) in [6, 6.07) is 12.3. The summed E-state index contributed by atoms with van der Waals surface area (Å²) in [5, 5.41) is 16.8. The Morgan fingerprint density at radius 3 is 2.73 bits per heavy atom. The minimum atomic E-state index is 0.728. The number of thioether (sulfide) groups is 2. The molecule has 0 aliphatic carbocycles. The number of anilines is 3. The second-order valence-electron chi connectivity index (χ2n) is 5.96. The topological polar surface area (TPSA) is 53.9 Å². The van der Waals surface area contributed by atoms with Crippen molar-refractivity contribution in [1.82, 2.24) is 10.2 Å². The molecule has 1 fully saturated rings. The molecule has 0 N–H and O–H groups in total. The smallest absolute Gasteiger partial charge is 0.157 e. The molecule has 0 unspecified atom stereocenters. The highest BCUT2D eigenvalue weighted by Gasteiger charge is 2.25. The Labute approximate surface area is 162 Å². The van der Waals surface area contributed by atoms with Crippen molar-refractivity contribution in [2.24, 2.45) is 5.10 Å². The number of hydrogen-bond acceptors (Lipinski definition) is 8. The van der Waals surface area contributed by atoms with Crippen LogP contribution in [0.1, 0.15) is 13.3 Å². The van der Waals surface area contributed by atoms with Crippen molar-refractivity contribution in [2.45, 2.75) is 18.4 Å². The van der Waals surface area contributed by atoms with Crippen molar-refractivity contribution in [2.75, 3.05) is 42.0 Å². The number of aromatic nitrogens is 2. The van der Waals surface area contributed by atoms with Crippen molar-refractivity contribution in [3.8, 4) is 0 Å². The van der Waals surface area contributed by atoms with Crippen LogP contribution < -0.4 is 9.91 Å². The van der Waals surface area contributed by atoms with E-state index in [-0.39, 0.29) is 0 Å². The van der Waals surface area contributed by atoms with Crippen molar-refractivity contribution in [1.29, 1.82) is 0 Å². The molecule has 1 aromatic carbocycles. The summed E-state index contributed by atoms with van der Waals surface area (Å²) >= 11 is 3.37. The van der Waals surface area contributed by atoms with E-state index in [1.54, 1.807) is 23.5 Å². The van der Waals surface area contributed by atoms with Crippen LogP contribution in [-0.2, 0) is 4.74 Å². The molecule has 0 radical (unpaired) electrons. The van der Waals surface area contributed by atoms with Gasteiger partial charge in [0.2, 0.25) is 0 Å². The molecule has 0 atom stereocenters. The van der Waals surface area contributed by atoms with E-state index in [2.05, 4.69) is 40.2 Å². The zero-order valence-electron chi connectivity index (χ0n) is 14.7. The number of para-hydroxylation sites is 1. The second kappa shape index (κ2) is 8.28. The number of benzene rings is 1. The molecule has 26 heavy (non-hydrogen) atoms. The Kier molecular flexibility index (Phi) is 5.62. The fourth-order valence-electron chi connectivity index (χ4n) is 2.78. The normalized spacial score (nSPS) is 17.0. The van der Waals surface area contributed by atoms with Gasteiger partial charge in [-0.05, 0) is 36.1 Å². The number of morpholine rings is 1. The van der Waals surface area contributed by atoms with Gasteiger partial charge in [-0.2, -0.15) is 5.10 Å². The van der Waals surface area contributed by atoms with Gasteiger partial charge >= 0.3 is 0 Å². The van der Waals surface area contributed by atoms with Crippen molar-refractivity contribution in [3.05, 3.63) is 36.4 Å². The maximum absolute atomic E-state index is 5.45. The van der Waals surface area contributed by atoms with Crippen LogP contribution in [0.5, 0.6) is 0 Å². The van der Waals surface area contributed by atoms with Crippen LogP contribution in [0.25, 0.3) is 0 Å². The number of nitrogens with zero attached hydrogens (tertiary/aromatic N) is 5. The first-order valence-corrected chi connectivity index (χ1v) is 10.6. The molecule has 2 aliphatic heterocycles. The first-order chi connectivity index (χ1) is 12.8. The first-order valence-electron chi connectivity index (χ1n) is 8.80. The van der Waals surface area contributed by atoms with E-state index in [0.717, 1.165) is 65.1 Å². The van der Waals surface area contributed by atoms with Gasteiger partial charge in [0.05, 0.1) is 18.9 Å². The molecule has 1 saturated heterocycles. The number of fused-ring (bicyclic) bond motifs is 1. The summed E-state index contributed by atoms with van der Waals surface area (Å²) in [4.78, 5) is 2.22. The van der Waals surface area contributed by atoms with Gasteiger partial charge in [-0.1, -0.05) is 36.9 Å². The van der Waals surface area contributed by atoms with E-state index in [4.69, 9.17) is 9.84 Å². The lowest BCUT2D eigenvalue weighted by Gasteiger charge is -2.30. The number of hydrogen-bond donors (Lipinski definition) is 0. The molecule has 0 saturated carbocycles. The van der Waals surface area contributed by atoms with Crippen LogP contribution >= 0.6 is 23.5 Å². The predicted molar refractivity (Wildman–Crippen MR) is 110 cm³/mol. The van der Waals surface area contributed by atoms with Gasteiger partial charge in [0.25, 0.3) is 0 Å². The summed E-state index contributed by atoms with van der Waals surface area (Å²) in [5.41, 5.74) is 2.02. The molecule has 6 nitrogen and oxygen atoms in total. The van der Waals surface area contributed by atoms with Gasteiger partial charge in [-0.15, -0.1) is 10.2 Å². The van der Waals surface area contributed by atoms with Gasteiger partial charge in [0, 0.05) is 19.2 Å². The average Bonchev–Trinajstić information content (AvgIpc) is 2.72. The number of ether oxygens (including phenoxy) is 1. The highest BCUT2D eigenvalue weighted by Crippen LogP contribution is 2.42. The Morgan fingerprint density at radius 2 is 1.96 bits per heavy atom. The summed E-state index contributed by atoms with van der Waals surface area (Å²) < 4.78 is 6.46. The second-order valence-corrected chi connectivity index (χ2v) is 8.28. The largest absolute Gasteiger partial charge is 0.378 e. The lowest BCUT2D eigenvalue weighted by atomic mass is 10.3. The highest BCUT2D eigenvalue weighted by molar-refractivity contribution is 8.39. The molecule has 4 rings (SSSR count). The van der Waals surface area contributed by atoms with Crippen LogP contribution in [0.3, 0.4) is 0 Å². The zero-order valence-corrected chi connectivity index (χ0v) is 16.3. The zero-order chi connectivity index (χ0) is 17.8. The predicted octanol–water partition coefficient (Wildman–Crippen LogP) is 3.97. The third kappa shape index (κ3) is 3.82. The minimum absolute atomic E-state index is 0.728. The van der Waals surface area contributed by atoms with Crippen molar-refractivity contribution in [3.63, 3.8) is 0 Å². The van der Waals surface area contributed by atoms with Crippen LogP contribution in [0.2, 0.25) is 0 Å². The Morgan fingerprint density at radius 1 is 1.15 bits per heavy atom. The molecule has 3 heterocycles. The summed E-state index contributed by atoms with van der Waals surface area (Å²) in [6.45, 7) is 5.32. The molecule has 2 aliphatic rings. The average molecular weight is 388 g/mol. The summed E-state index contributed by atoms with van der Waals surface area (Å²) in [6.07, 6.45) is 1.12. The van der Waals surface area contributed by atoms with Crippen molar-refractivity contribution >= 4 is 45.1 Å². The Balaban J connectivity index is 1.70. The Hall–Kier alpha value is -1.77. The maximum Gasteiger partial charge on any atom is 0.157 e. The highest BCUT2D eigenvalue weighted by atomic mass is 32.2. The molecule has 0 bridgehead atoms. The van der Waals surface area contributed by atoms with Crippen LogP contribution in [0.4, 0.5) is 17.2 Å². The van der Waals surface area contributed by atoms with E-state index in [9.17, 15) is 0 Å². The van der Waals surface area contributed by atoms with Crippen LogP contribution in [-0.4, -0.2) is 46.6 Å². The van der Waals surface area contributed by atoms with Crippen LogP contribution in [0, 0.1) is 0 Å². The maximum atomic E-state index is 5.45. The van der Waals surface area contributed by atoms with E-state index >= 15 is 0 Å². The standard InChI is InChI=1S/C18H21N5OS2/c1-2-12-25-18-21-23(14-6-4-3-5-7-14)15-13-16(19-20-17(15)26-18)22-8-10-24-11-9-22/h3-7,13H,2,8-12H2,1H3. The molecular weight excluding hydrogens is 366 g/mol. The van der Waals surface area contributed by atoms with Gasteiger partial charge in [0.1, 0.15) is 5.69 Å². The number of rotatable bonds is 4. The third-order valence-electron chi connectivity index (χ3n) is 4.09. The van der Waals surface area contributed by atoms with Crippen LogP contribution in [0.15, 0.2) is 46.5 Å². The van der Waals surface area contributed by atoms with E-state index in [1.165, 1.54) is 0 Å². The quantitative estimate of drug-likeness (QED) is 0.787. The van der Waals surface area contributed by atoms with Gasteiger partial charge in [-0.25, -0.2) is 5.01 Å². The van der Waals surface area contributed by atoms with E-state index in [0.29, 0.717) is 0 Å². The van der Waals surface area contributed by atoms with Gasteiger partial charge in [0.15, 0.2) is 15.2 Å². The molecular formula is C18H21N5OS2. The SMILES string of the molecule is CCCSC1=NN(c2ccccc2)c2cc(N3CCOCC3)nnc2S1. The van der Waals surface area contributed by atoms with E-state index < -0.39 is 0 Å². The van der Waals surface area contributed by atoms with Gasteiger partial charge in [-0.3, -0.25) is 0 Å². The third-order valence-corrected chi connectivity index (χ3v) is 6.37. The minimum Gasteiger partial charge on any atom is -0.378 e. The number of hydrazone groups is 1. The first kappa shape index (κ1) is 17.6. The Bertz CT molecular complexity index is 780. The lowest BCUT2D eigenvalue weighted by molar-refractivity contribution is 0.122. The lowest BCUT2D eigenvalue weighted by Crippen LogP contribution is -2.37. The molecule has 136 valence electrons. The molecule has 2 aromatic rings. The van der Waals surface area contributed by atoms with E-state index in [1.807, 2.05) is 23.2 Å². The molecule has 0 spiro atoms.